The number of carbonyl (C=O) groups is 1. The van der Waals surface area contributed by atoms with Crippen molar-refractivity contribution in [3.05, 3.63) is 84.1 Å². The zero-order chi connectivity index (χ0) is 13.9. The molecule has 0 unspecified atom stereocenters. The van der Waals surface area contributed by atoms with Crippen LogP contribution < -0.4 is 0 Å². The van der Waals surface area contributed by atoms with E-state index in [2.05, 4.69) is 0 Å². The third-order valence-corrected chi connectivity index (χ3v) is 3.07. The van der Waals surface area contributed by atoms with Crippen LogP contribution >= 0.6 is 0 Å². The molecule has 3 heteroatoms. The second-order valence-corrected chi connectivity index (χ2v) is 4.36. The Morgan fingerprint density at radius 2 is 1.65 bits per heavy atom. The Kier molecular flexibility index (Phi) is 3.17. The number of carbonyl (C=O) groups excluding carboxylic acids is 1. The first-order valence-corrected chi connectivity index (χ1v) is 6.19. The molecular formula is C17H11FO2. The minimum absolute atomic E-state index is 0.185. The Morgan fingerprint density at radius 1 is 0.900 bits per heavy atom. The van der Waals surface area contributed by atoms with Crippen molar-refractivity contribution in [3.63, 3.8) is 0 Å². The SMILES string of the molecule is O=C(c1ccco1)c1ccccc1-c1ccc(F)cc1. The lowest BCUT2D eigenvalue weighted by Crippen LogP contribution is -2.02. The van der Waals surface area contributed by atoms with Gasteiger partial charge in [-0.15, -0.1) is 0 Å². The van der Waals surface area contributed by atoms with Gasteiger partial charge in [0.2, 0.25) is 5.78 Å². The van der Waals surface area contributed by atoms with E-state index in [1.54, 1.807) is 36.4 Å². The van der Waals surface area contributed by atoms with Crippen molar-refractivity contribution >= 4 is 5.78 Å². The molecular weight excluding hydrogens is 255 g/mol. The van der Waals surface area contributed by atoms with E-state index < -0.39 is 0 Å². The van der Waals surface area contributed by atoms with E-state index >= 15 is 0 Å². The van der Waals surface area contributed by atoms with E-state index in [0.717, 1.165) is 11.1 Å². The van der Waals surface area contributed by atoms with E-state index in [4.69, 9.17) is 4.42 Å². The number of hydrogen-bond donors (Lipinski definition) is 0. The van der Waals surface area contributed by atoms with Gasteiger partial charge in [-0.25, -0.2) is 4.39 Å². The van der Waals surface area contributed by atoms with Crippen LogP contribution in [0.2, 0.25) is 0 Å². The van der Waals surface area contributed by atoms with E-state index in [1.807, 2.05) is 12.1 Å². The smallest absolute Gasteiger partial charge is 0.228 e. The molecule has 0 aliphatic heterocycles. The number of halogens is 1. The van der Waals surface area contributed by atoms with Crippen molar-refractivity contribution in [3.8, 4) is 11.1 Å². The van der Waals surface area contributed by atoms with Gasteiger partial charge in [-0.2, -0.15) is 0 Å². The molecule has 3 aromatic rings. The van der Waals surface area contributed by atoms with Gasteiger partial charge >= 0.3 is 0 Å². The summed E-state index contributed by atoms with van der Waals surface area (Å²) in [5.74, 6) is -0.196. The zero-order valence-corrected chi connectivity index (χ0v) is 10.5. The molecule has 0 aliphatic rings. The van der Waals surface area contributed by atoms with E-state index in [-0.39, 0.29) is 11.6 Å². The standard InChI is InChI=1S/C17H11FO2/c18-13-9-7-12(8-10-13)14-4-1-2-5-15(14)17(19)16-6-3-11-20-16/h1-11H. The Labute approximate surface area is 115 Å². The van der Waals surface area contributed by atoms with Gasteiger partial charge < -0.3 is 4.42 Å². The van der Waals surface area contributed by atoms with Gasteiger partial charge in [-0.3, -0.25) is 4.79 Å². The first-order chi connectivity index (χ1) is 9.75. The van der Waals surface area contributed by atoms with Crippen LogP contribution in [0.1, 0.15) is 16.1 Å². The molecule has 1 heterocycles. The van der Waals surface area contributed by atoms with Crippen LogP contribution in [0, 0.1) is 5.82 Å². The predicted molar refractivity (Wildman–Crippen MR) is 74.0 cm³/mol. The third-order valence-electron chi connectivity index (χ3n) is 3.07. The molecule has 98 valence electrons. The summed E-state index contributed by atoms with van der Waals surface area (Å²) < 4.78 is 18.2. The fourth-order valence-electron chi connectivity index (χ4n) is 2.10. The molecule has 0 radical (unpaired) electrons. The van der Waals surface area contributed by atoms with Gasteiger partial charge in [0.25, 0.3) is 0 Å². The second-order valence-electron chi connectivity index (χ2n) is 4.36. The number of furan rings is 1. The molecule has 0 saturated carbocycles. The fraction of sp³-hybridized carbons (Fsp3) is 0. The minimum Gasteiger partial charge on any atom is -0.461 e. The quantitative estimate of drug-likeness (QED) is 0.661. The number of rotatable bonds is 3. The van der Waals surface area contributed by atoms with Crippen molar-refractivity contribution in [1.82, 2.24) is 0 Å². The highest BCUT2D eigenvalue weighted by molar-refractivity contribution is 6.11. The molecule has 0 saturated heterocycles. The Morgan fingerprint density at radius 3 is 2.35 bits per heavy atom. The summed E-state index contributed by atoms with van der Waals surface area (Å²) in [6, 6.07) is 16.6. The van der Waals surface area contributed by atoms with Gasteiger partial charge in [0.05, 0.1) is 6.26 Å². The lowest BCUT2D eigenvalue weighted by molar-refractivity contribution is 0.101. The van der Waals surface area contributed by atoms with Crippen LogP contribution in [0.5, 0.6) is 0 Å². The van der Waals surface area contributed by atoms with Crippen LogP contribution in [0.15, 0.2) is 71.3 Å². The average Bonchev–Trinajstić information content (AvgIpc) is 3.02. The van der Waals surface area contributed by atoms with Gasteiger partial charge in [0.1, 0.15) is 5.82 Å². The molecule has 2 aromatic carbocycles. The molecule has 1 aromatic heterocycles. The molecule has 0 amide bonds. The molecule has 20 heavy (non-hydrogen) atoms. The van der Waals surface area contributed by atoms with Crippen molar-refractivity contribution in [2.75, 3.05) is 0 Å². The van der Waals surface area contributed by atoms with Crippen LogP contribution in [0.4, 0.5) is 4.39 Å². The summed E-state index contributed by atoms with van der Waals surface area (Å²) in [5.41, 5.74) is 2.09. The lowest BCUT2D eigenvalue weighted by atomic mass is 9.96. The second kappa shape index (κ2) is 5.13. The highest BCUT2D eigenvalue weighted by Gasteiger charge is 2.16. The molecule has 0 bridgehead atoms. The molecule has 0 aliphatic carbocycles. The van der Waals surface area contributed by atoms with Gasteiger partial charge in [-0.1, -0.05) is 36.4 Å². The zero-order valence-electron chi connectivity index (χ0n) is 10.5. The molecule has 0 spiro atoms. The van der Waals surface area contributed by atoms with Crippen LogP contribution in [0.3, 0.4) is 0 Å². The topological polar surface area (TPSA) is 30.2 Å². The number of ketones is 1. The maximum atomic E-state index is 13.0. The van der Waals surface area contributed by atoms with Crippen molar-refractivity contribution in [1.29, 1.82) is 0 Å². The normalized spacial score (nSPS) is 10.4. The Balaban J connectivity index is 2.09. The Bertz CT molecular complexity index is 728. The van der Waals surface area contributed by atoms with Crippen LogP contribution in [-0.4, -0.2) is 5.78 Å². The van der Waals surface area contributed by atoms with Crippen molar-refractivity contribution in [2.24, 2.45) is 0 Å². The van der Waals surface area contributed by atoms with E-state index in [9.17, 15) is 9.18 Å². The number of hydrogen-bond acceptors (Lipinski definition) is 2. The van der Waals surface area contributed by atoms with Gasteiger partial charge in [0.15, 0.2) is 5.76 Å². The minimum atomic E-state index is -0.302. The van der Waals surface area contributed by atoms with E-state index in [0.29, 0.717) is 11.3 Å². The Hall–Kier alpha value is -2.68. The lowest BCUT2D eigenvalue weighted by Gasteiger charge is -2.07. The maximum Gasteiger partial charge on any atom is 0.228 e. The van der Waals surface area contributed by atoms with Gasteiger partial charge in [-0.05, 0) is 35.4 Å². The van der Waals surface area contributed by atoms with E-state index in [1.165, 1.54) is 18.4 Å². The summed E-state index contributed by atoms with van der Waals surface area (Å²) >= 11 is 0. The predicted octanol–water partition coefficient (Wildman–Crippen LogP) is 4.32. The van der Waals surface area contributed by atoms with Crippen molar-refractivity contribution < 1.29 is 13.6 Å². The maximum absolute atomic E-state index is 13.0. The summed E-state index contributed by atoms with van der Waals surface area (Å²) in [5, 5.41) is 0. The molecule has 0 N–H and O–H groups in total. The summed E-state index contributed by atoms with van der Waals surface area (Å²) in [7, 11) is 0. The monoisotopic (exact) mass is 266 g/mol. The third kappa shape index (κ3) is 2.26. The number of benzene rings is 2. The first kappa shape index (κ1) is 12.4. The largest absolute Gasteiger partial charge is 0.461 e. The summed E-state index contributed by atoms with van der Waals surface area (Å²) in [6.45, 7) is 0. The first-order valence-electron chi connectivity index (χ1n) is 6.19. The molecule has 3 rings (SSSR count). The highest BCUT2D eigenvalue weighted by Crippen LogP contribution is 2.26. The fourth-order valence-corrected chi connectivity index (χ4v) is 2.10. The summed E-state index contributed by atoms with van der Waals surface area (Å²) in [4.78, 5) is 12.4. The van der Waals surface area contributed by atoms with Crippen LogP contribution in [-0.2, 0) is 0 Å². The van der Waals surface area contributed by atoms with Gasteiger partial charge in [0, 0.05) is 5.56 Å². The summed E-state index contributed by atoms with van der Waals surface area (Å²) in [6.07, 6.45) is 1.47. The highest BCUT2D eigenvalue weighted by atomic mass is 19.1. The van der Waals surface area contributed by atoms with Crippen LogP contribution in [0.25, 0.3) is 11.1 Å². The van der Waals surface area contributed by atoms with Crippen molar-refractivity contribution in [2.45, 2.75) is 0 Å². The molecule has 2 nitrogen and oxygen atoms in total. The molecule has 0 fully saturated rings. The average molecular weight is 266 g/mol. The molecule has 0 atom stereocenters.